The van der Waals surface area contributed by atoms with Gasteiger partial charge < -0.3 is 5.73 Å². The van der Waals surface area contributed by atoms with Crippen LogP contribution in [-0.4, -0.2) is 21.5 Å². The van der Waals surface area contributed by atoms with Gasteiger partial charge in [-0.25, -0.2) is 0 Å². The minimum Gasteiger partial charge on any atom is -0.330 e. The summed E-state index contributed by atoms with van der Waals surface area (Å²) in [7, 11) is 0. The number of rotatable bonds is 3. The summed E-state index contributed by atoms with van der Waals surface area (Å²) in [4.78, 5) is 0. The lowest BCUT2D eigenvalue weighted by molar-refractivity contribution is 0.564. The molecule has 50 valence electrons. The van der Waals surface area contributed by atoms with E-state index < -0.39 is 0 Å². The Morgan fingerprint density at radius 3 is 3.00 bits per heavy atom. The second kappa shape index (κ2) is 3.19. The second-order valence-electron chi connectivity index (χ2n) is 1.81. The van der Waals surface area contributed by atoms with E-state index in [0.29, 0.717) is 6.54 Å². The van der Waals surface area contributed by atoms with Gasteiger partial charge >= 0.3 is 0 Å². The molecule has 1 rings (SSSR count). The van der Waals surface area contributed by atoms with E-state index in [9.17, 15) is 0 Å². The van der Waals surface area contributed by atoms with Gasteiger partial charge in [-0.3, -0.25) is 4.68 Å². The molecule has 0 spiro atoms. The Kier molecular flexibility index (Phi) is 2.21. The van der Waals surface area contributed by atoms with Gasteiger partial charge in [-0.05, 0) is 13.0 Å². The van der Waals surface area contributed by atoms with Crippen LogP contribution in [0.15, 0.2) is 12.4 Å². The average molecular weight is 126 g/mol. The summed E-state index contributed by atoms with van der Waals surface area (Å²) in [5, 5.41) is 7.41. The van der Waals surface area contributed by atoms with Gasteiger partial charge in [0.1, 0.15) is 0 Å². The monoisotopic (exact) mass is 126 g/mol. The summed E-state index contributed by atoms with van der Waals surface area (Å²) in [5.41, 5.74) is 5.28. The first-order chi connectivity index (χ1) is 4.43. The molecule has 0 fully saturated rings. The van der Waals surface area contributed by atoms with Crippen LogP contribution < -0.4 is 5.73 Å². The molecule has 0 unspecified atom stereocenters. The van der Waals surface area contributed by atoms with Crippen molar-refractivity contribution in [2.24, 2.45) is 5.73 Å². The van der Waals surface area contributed by atoms with E-state index >= 15 is 0 Å². The fourth-order valence-corrected chi connectivity index (χ4v) is 0.605. The van der Waals surface area contributed by atoms with Crippen LogP contribution in [0.1, 0.15) is 6.42 Å². The van der Waals surface area contributed by atoms with Gasteiger partial charge in [-0.15, -0.1) is 5.10 Å². The third-order valence-corrected chi connectivity index (χ3v) is 1.06. The summed E-state index contributed by atoms with van der Waals surface area (Å²) in [6.45, 7) is 1.58. The molecule has 1 aromatic rings. The van der Waals surface area contributed by atoms with E-state index in [2.05, 4.69) is 10.3 Å². The van der Waals surface area contributed by atoms with Crippen LogP contribution in [0, 0.1) is 0 Å². The van der Waals surface area contributed by atoms with Crippen molar-refractivity contribution in [3.63, 3.8) is 0 Å². The second-order valence-corrected chi connectivity index (χ2v) is 1.81. The maximum absolute atomic E-state index is 5.28. The molecule has 1 heterocycles. The Morgan fingerprint density at radius 2 is 2.44 bits per heavy atom. The Balaban J connectivity index is 2.30. The lowest BCUT2D eigenvalue weighted by atomic mass is 10.4. The molecule has 2 N–H and O–H groups in total. The molecule has 1 aromatic heterocycles. The number of hydrogen-bond acceptors (Lipinski definition) is 3. The molecule has 0 aliphatic carbocycles. The molecule has 4 heteroatoms. The van der Waals surface area contributed by atoms with Gasteiger partial charge in [-0.1, -0.05) is 5.21 Å². The van der Waals surface area contributed by atoms with E-state index in [1.807, 2.05) is 6.20 Å². The maximum atomic E-state index is 5.28. The highest BCUT2D eigenvalue weighted by atomic mass is 15.4. The Bertz CT molecular complexity index is 146. The molecule has 0 bridgehead atoms. The molecule has 0 atom stereocenters. The summed E-state index contributed by atoms with van der Waals surface area (Å²) in [6, 6.07) is 0. The molecule has 0 saturated carbocycles. The summed E-state index contributed by atoms with van der Waals surface area (Å²) in [6.07, 6.45) is 4.45. The van der Waals surface area contributed by atoms with Crippen molar-refractivity contribution in [3.8, 4) is 0 Å². The summed E-state index contributed by atoms with van der Waals surface area (Å²) in [5.74, 6) is 0. The van der Waals surface area contributed by atoms with Crippen LogP contribution in [0.5, 0.6) is 0 Å². The minimum absolute atomic E-state index is 0.708. The van der Waals surface area contributed by atoms with Gasteiger partial charge in [0.25, 0.3) is 0 Å². The number of nitrogens with zero attached hydrogens (tertiary/aromatic N) is 3. The van der Waals surface area contributed by atoms with E-state index in [4.69, 9.17) is 5.73 Å². The molecule has 4 nitrogen and oxygen atoms in total. The minimum atomic E-state index is 0.708. The van der Waals surface area contributed by atoms with Crippen LogP contribution in [0.3, 0.4) is 0 Å². The van der Waals surface area contributed by atoms with Gasteiger partial charge in [0, 0.05) is 12.7 Å². The van der Waals surface area contributed by atoms with Crippen LogP contribution in [-0.2, 0) is 6.54 Å². The molecular weight excluding hydrogens is 116 g/mol. The van der Waals surface area contributed by atoms with Crippen LogP contribution in [0.25, 0.3) is 0 Å². The molecule has 0 amide bonds. The predicted molar refractivity (Wildman–Crippen MR) is 33.7 cm³/mol. The lowest BCUT2D eigenvalue weighted by Gasteiger charge is -1.94. The van der Waals surface area contributed by atoms with E-state index in [0.717, 1.165) is 13.0 Å². The van der Waals surface area contributed by atoms with Crippen molar-refractivity contribution < 1.29 is 0 Å². The first-order valence-corrected chi connectivity index (χ1v) is 2.97. The van der Waals surface area contributed by atoms with Gasteiger partial charge in [-0.2, -0.15) is 0 Å². The third kappa shape index (κ3) is 1.81. The van der Waals surface area contributed by atoms with Crippen LogP contribution in [0.2, 0.25) is 0 Å². The Labute approximate surface area is 53.7 Å². The highest BCUT2D eigenvalue weighted by molar-refractivity contribution is 4.63. The van der Waals surface area contributed by atoms with Crippen molar-refractivity contribution in [3.05, 3.63) is 12.4 Å². The molecule has 0 aliphatic heterocycles. The fraction of sp³-hybridized carbons (Fsp3) is 0.600. The first-order valence-electron chi connectivity index (χ1n) is 2.97. The van der Waals surface area contributed by atoms with Crippen molar-refractivity contribution in [2.45, 2.75) is 13.0 Å². The zero-order valence-electron chi connectivity index (χ0n) is 5.20. The average Bonchev–Trinajstić information content (AvgIpc) is 2.34. The van der Waals surface area contributed by atoms with Gasteiger partial charge in [0.15, 0.2) is 0 Å². The molecule has 0 aliphatic rings. The van der Waals surface area contributed by atoms with Crippen molar-refractivity contribution >= 4 is 0 Å². The quantitative estimate of drug-likeness (QED) is 0.601. The van der Waals surface area contributed by atoms with Crippen molar-refractivity contribution in [1.82, 2.24) is 15.0 Å². The lowest BCUT2D eigenvalue weighted by Crippen LogP contribution is -2.05. The zero-order chi connectivity index (χ0) is 6.53. The number of hydrogen-bond donors (Lipinski definition) is 1. The summed E-state index contributed by atoms with van der Waals surface area (Å²) < 4.78 is 1.77. The molecule has 0 radical (unpaired) electrons. The highest BCUT2D eigenvalue weighted by Crippen LogP contribution is 1.83. The fourth-order valence-electron chi connectivity index (χ4n) is 0.605. The maximum Gasteiger partial charge on any atom is 0.0692 e. The summed E-state index contributed by atoms with van der Waals surface area (Å²) >= 11 is 0. The SMILES string of the molecule is NCCCn1ccnn1. The normalized spacial score (nSPS) is 9.89. The highest BCUT2D eigenvalue weighted by Gasteiger charge is 1.86. The van der Waals surface area contributed by atoms with Crippen molar-refractivity contribution in [2.75, 3.05) is 6.54 Å². The van der Waals surface area contributed by atoms with E-state index in [1.165, 1.54) is 0 Å². The van der Waals surface area contributed by atoms with Gasteiger partial charge in [0.2, 0.25) is 0 Å². The first kappa shape index (κ1) is 6.22. The third-order valence-electron chi connectivity index (χ3n) is 1.06. The van der Waals surface area contributed by atoms with Gasteiger partial charge in [0.05, 0.1) is 6.20 Å². The Morgan fingerprint density at radius 1 is 1.56 bits per heavy atom. The largest absolute Gasteiger partial charge is 0.330 e. The topological polar surface area (TPSA) is 56.7 Å². The number of aryl methyl sites for hydroxylation is 1. The van der Waals surface area contributed by atoms with Crippen molar-refractivity contribution in [1.29, 1.82) is 0 Å². The number of aromatic nitrogens is 3. The Hall–Kier alpha value is -0.900. The zero-order valence-corrected chi connectivity index (χ0v) is 5.20. The molecular formula is C5H10N4. The van der Waals surface area contributed by atoms with Crippen LogP contribution in [0.4, 0.5) is 0 Å². The molecule has 9 heavy (non-hydrogen) atoms. The number of nitrogens with two attached hydrogens (primary N) is 1. The molecule has 0 saturated heterocycles. The standard InChI is InChI=1S/C5H10N4/c6-2-1-4-9-5-3-7-8-9/h3,5H,1-2,4,6H2. The van der Waals surface area contributed by atoms with Crippen LogP contribution >= 0.6 is 0 Å². The smallest absolute Gasteiger partial charge is 0.0692 e. The predicted octanol–water partition coefficient (Wildman–Crippen LogP) is -0.373. The van der Waals surface area contributed by atoms with E-state index in [1.54, 1.807) is 10.9 Å². The van der Waals surface area contributed by atoms with E-state index in [-0.39, 0.29) is 0 Å². The molecule has 0 aromatic carbocycles.